The summed E-state index contributed by atoms with van der Waals surface area (Å²) in [7, 11) is 5.56. The first-order chi connectivity index (χ1) is 18.9. The van der Waals surface area contributed by atoms with Crippen molar-refractivity contribution < 1.29 is 14.3 Å². The fourth-order valence-electron chi connectivity index (χ4n) is 4.81. The Morgan fingerprint density at radius 3 is 2.48 bits per heavy atom. The number of aryl methyl sites for hydroxylation is 1. The Hall–Kier alpha value is -3.11. The maximum atomic E-state index is 13.1. The van der Waals surface area contributed by atoms with Crippen LogP contribution in [0.2, 0.25) is 5.02 Å². The van der Waals surface area contributed by atoms with Crippen molar-refractivity contribution in [3.8, 4) is 21.8 Å². The second-order valence-electron chi connectivity index (χ2n) is 11.3. The first-order valence-corrected chi connectivity index (χ1v) is 14.3. The normalized spacial score (nSPS) is 15.0. The fraction of sp³-hybridized carbons (Fsp3) is 0.400. The highest BCUT2D eigenvalue weighted by Crippen LogP contribution is 2.44. The molecule has 1 aliphatic heterocycles. The van der Waals surface area contributed by atoms with Crippen molar-refractivity contribution in [2.24, 2.45) is 0 Å². The summed E-state index contributed by atoms with van der Waals surface area (Å²) in [4.78, 5) is 31.9. The summed E-state index contributed by atoms with van der Waals surface area (Å²) in [6.07, 6.45) is 0.862. The number of likely N-dealkylation sites (N-methyl/N-ethyl adjacent to an activating group) is 1. The highest BCUT2D eigenvalue weighted by molar-refractivity contribution is 7.22. The summed E-state index contributed by atoms with van der Waals surface area (Å²) >= 11 is 7.79. The van der Waals surface area contributed by atoms with Crippen LogP contribution in [0.4, 0.5) is 5.95 Å². The molecule has 1 atom stereocenters. The number of benzene rings is 2. The first kappa shape index (κ1) is 28.4. The van der Waals surface area contributed by atoms with Gasteiger partial charge < -0.3 is 19.3 Å². The zero-order valence-corrected chi connectivity index (χ0v) is 25.4. The number of anilines is 1. The molecule has 5 rings (SSSR count). The minimum atomic E-state index is -0.924. The summed E-state index contributed by atoms with van der Waals surface area (Å²) in [6, 6.07) is 12.0. The van der Waals surface area contributed by atoms with Gasteiger partial charge in [0.25, 0.3) is 0 Å². The SMILES string of the molecule is COC(=O)C(OC(C)(C)C)c1c(C)cc2nc(-c3ccnc(N4CC(N(C)C)C4)n3)sc2c1-c1ccc(Cl)cc1. The van der Waals surface area contributed by atoms with Gasteiger partial charge in [0, 0.05) is 41.5 Å². The van der Waals surface area contributed by atoms with Crippen LogP contribution in [0.25, 0.3) is 32.0 Å². The number of hydrogen-bond donors (Lipinski definition) is 0. The Morgan fingerprint density at radius 1 is 1.15 bits per heavy atom. The molecule has 8 nitrogen and oxygen atoms in total. The lowest BCUT2D eigenvalue weighted by molar-refractivity contribution is -0.164. The summed E-state index contributed by atoms with van der Waals surface area (Å²) in [5.41, 5.74) is 4.42. The van der Waals surface area contributed by atoms with Crippen molar-refractivity contribution in [1.29, 1.82) is 0 Å². The van der Waals surface area contributed by atoms with Crippen LogP contribution in [-0.2, 0) is 14.3 Å². The van der Waals surface area contributed by atoms with Crippen LogP contribution in [0.15, 0.2) is 42.6 Å². The number of halogens is 1. The predicted molar refractivity (Wildman–Crippen MR) is 161 cm³/mol. The number of carbonyl (C=O) groups excluding carboxylic acids is 1. The third-order valence-corrected chi connectivity index (χ3v) is 8.31. The number of nitrogens with zero attached hydrogens (tertiary/aromatic N) is 5. The third-order valence-electron chi connectivity index (χ3n) is 6.95. The van der Waals surface area contributed by atoms with E-state index in [0.29, 0.717) is 17.0 Å². The van der Waals surface area contributed by atoms with E-state index in [0.717, 1.165) is 56.3 Å². The highest BCUT2D eigenvalue weighted by Gasteiger charge is 2.34. The molecule has 2 aromatic heterocycles. The van der Waals surface area contributed by atoms with Gasteiger partial charge in [-0.15, -0.1) is 11.3 Å². The number of ether oxygens (including phenoxy) is 2. The maximum absolute atomic E-state index is 13.1. The number of esters is 1. The third kappa shape index (κ3) is 5.69. The number of thiazole rings is 1. The second-order valence-corrected chi connectivity index (χ2v) is 12.7. The zero-order chi connectivity index (χ0) is 28.8. The predicted octanol–water partition coefficient (Wildman–Crippen LogP) is 6.16. The minimum absolute atomic E-state index is 0.455. The lowest BCUT2D eigenvalue weighted by Gasteiger charge is -2.42. The Labute approximate surface area is 243 Å². The molecular weight excluding hydrogens is 546 g/mol. The van der Waals surface area contributed by atoms with Crippen LogP contribution in [-0.4, -0.2) is 71.8 Å². The molecule has 2 aromatic carbocycles. The maximum Gasteiger partial charge on any atom is 0.339 e. The van der Waals surface area contributed by atoms with Gasteiger partial charge in [-0.05, 0) is 77.2 Å². The van der Waals surface area contributed by atoms with E-state index in [4.69, 9.17) is 31.0 Å². The van der Waals surface area contributed by atoms with Crippen molar-refractivity contribution in [3.05, 3.63) is 58.7 Å². The summed E-state index contributed by atoms with van der Waals surface area (Å²) in [6.45, 7) is 9.53. The Morgan fingerprint density at radius 2 is 1.85 bits per heavy atom. The van der Waals surface area contributed by atoms with Crippen LogP contribution >= 0.6 is 22.9 Å². The fourth-order valence-corrected chi connectivity index (χ4v) is 6.03. The summed E-state index contributed by atoms with van der Waals surface area (Å²) < 4.78 is 12.5. The van der Waals surface area contributed by atoms with Crippen molar-refractivity contribution in [2.45, 2.75) is 45.4 Å². The number of aromatic nitrogens is 3. The van der Waals surface area contributed by atoms with E-state index in [1.807, 2.05) is 64.1 Å². The molecule has 0 bridgehead atoms. The number of fused-ring (bicyclic) bond motifs is 1. The van der Waals surface area contributed by atoms with Gasteiger partial charge in [-0.1, -0.05) is 23.7 Å². The monoisotopic (exact) mass is 579 g/mol. The molecular formula is C30H34ClN5O3S. The molecule has 3 heterocycles. The quantitative estimate of drug-likeness (QED) is 0.241. The van der Waals surface area contributed by atoms with Gasteiger partial charge in [0.1, 0.15) is 10.7 Å². The molecule has 0 amide bonds. The Kier molecular flexibility index (Phi) is 7.85. The molecule has 0 radical (unpaired) electrons. The molecule has 1 unspecified atom stereocenters. The molecule has 0 spiro atoms. The van der Waals surface area contributed by atoms with Crippen molar-refractivity contribution in [3.63, 3.8) is 0 Å². The molecule has 0 aliphatic carbocycles. The molecule has 40 heavy (non-hydrogen) atoms. The van der Waals surface area contributed by atoms with Crippen molar-refractivity contribution in [1.82, 2.24) is 19.9 Å². The van der Waals surface area contributed by atoms with Gasteiger partial charge in [0.2, 0.25) is 5.95 Å². The molecule has 0 N–H and O–H groups in total. The standard InChI is InChI=1S/C30H34ClN5O3S/c1-17-14-22-26(40-27(33-22)21-12-13-32-29(34-21)36-15-20(16-36)35(5)6)24(18-8-10-19(31)11-9-18)23(17)25(28(37)38-7)39-30(2,3)4/h8-14,20,25H,15-16H2,1-7H3. The smallest absolute Gasteiger partial charge is 0.339 e. The van der Waals surface area contributed by atoms with Crippen LogP contribution in [0.1, 0.15) is 38.0 Å². The van der Waals surface area contributed by atoms with Gasteiger partial charge in [-0.2, -0.15) is 0 Å². The zero-order valence-electron chi connectivity index (χ0n) is 23.9. The van der Waals surface area contributed by atoms with E-state index < -0.39 is 17.7 Å². The van der Waals surface area contributed by atoms with Crippen LogP contribution in [0, 0.1) is 6.92 Å². The van der Waals surface area contributed by atoms with Gasteiger partial charge in [-0.25, -0.2) is 19.7 Å². The van der Waals surface area contributed by atoms with Crippen molar-refractivity contribution in [2.75, 3.05) is 39.2 Å². The largest absolute Gasteiger partial charge is 0.467 e. The lowest BCUT2D eigenvalue weighted by atomic mass is 9.91. The molecule has 10 heteroatoms. The van der Waals surface area contributed by atoms with Gasteiger partial charge in [0.05, 0.1) is 22.9 Å². The lowest BCUT2D eigenvalue weighted by Crippen LogP contribution is -2.58. The van der Waals surface area contributed by atoms with Gasteiger partial charge in [-0.3, -0.25) is 0 Å². The molecule has 0 saturated carbocycles. The van der Waals surface area contributed by atoms with E-state index in [2.05, 4.69) is 28.9 Å². The number of carbonyl (C=O) groups is 1. The van der Waals surface area contributed by atoms with Crippen LogP contribution in [0.5, 0.6) is 0 Å². The topological polar surface area (TPSA) is 80.7 Å². The molecule has 1 aliphatic rings. The van der Waals surface area contributed by atoms with Gasteiger partial charge in [0.15, 0.2) is 6.10 Å². The van der Waals surface area contributed by atoms with Crippen LogP contribution in [0.3, 0.4) is 0 Å². The first-order valence-electron chi connectivity index (χ1n) is 13.2. The second kappa shape index (κ2) is 11.0. The highest BCUT2D eigenvalue weighted by atomic mass is 35.5. The number of rotatable bonds is 7. The number of hydrogen-bond acceptors (Lipinski definition) is 9. The minimum Gasteiger partial charge on any atom is -0.467 e. The summed E-state index contributed by atoms with van der Waals surface area (Å²) in [5.74, 6) is 0.248. The van der Waals surface area contributed by atoms with E-state index >= 15 is 0 Å². The Bertz CT molecular complexity index is 1540. The van der Waals surface area contributed by atoms with E-state index in [9.17, 15) is 4.79 Å². The average Bonchev–Trinajstić information content (AvgIpc) is 3.29. The van der Waals surface area contributed by atoms with E-state index in [1.165, 1.54) is 18.4 Å². The molecule has 1 fully saturated rings. The molecule has 1 saturated heterocycles. The van der Waals surface area contributed by atoms with E-state index in [1.54, 1.807) is 6.20 Å². The average molecular weight is 580 g/mol. The molecule has 4 aromatic rings. The summed E-state index contributed by atoms with van der Waals surface area (Å²) in [5, 5.41) is 1.41. The van der Waals surface area contributed by atoms with E-state index in [-0.39, 0.29) is 0 Å². The van der Waals surface area contributed by atoms with Gasteiger partial charge >= 0.3 is 5.97 Å². The Balaban J connectivity index is 1.66. The van der Waals surface area contributed by atoms with Crippen LogP contribution < -0.4 is 4.90 Å². The number of methoxy groups -OCH3 is 1. The molecule has 210 valence electrons. The van der Waals surface area contributed by atoms with Crippen molar-refractivity contribution >= 4 is 45.1 Å².